The minimum Gasteiger partial charge on any atom is -0.381 e. The van der Waals surface area contributed by atoms with Crippen LogP contribution in [-0.2, 0) is 10.0 Å². The average molecular weight is 319 g/mol. The van der Waals surface area contributed by atoms with Crippen LogP contribution >= 0.6 is 11.3 Å². The number of aromatic nitrogens is 2. The van der Waals surface area contributed by atoms with Gasteiger partial charge in [-0.25, -0.2) is 4.98 Å². The van der Waals surface area contributed by atoms with Gasteiger partial charge in [0.25, 0.3) is 10.0 Å². The Balaban J connectivity index is 2.11. The van der Waals surface area contributed by atoms with Gasteiger partial charge < -0.3 is 5.73 Å². The summed E-state index contributed by atoms with van der Waals surface area (Å²) in [7, 11) is -3.95. The molecule has 106 valence electrons. The molecule has 0 fully saturated rings. The van der Waals surface area contributed by atoms with Crippen molar-refractivity contribution in [2.24, 2.45) is 0 Å². The number of benzene rings is 1. The van der Waals surface area contributed by atoms with E-state index in [9.17, 15) is 8.42 Å². The molecule has 0 spiro atoms. The molecule has 0 radical (unpaired) electrons. The summed E-state index contributed by atoms with van der Waals surface area (Å²) in [4.78, 5) is 4.49. The third kappa shape index (κ3) is 2.20. The Morgan fingerprint density at radius 3 is 2.90 bits per heavy atom. The van der Waals surface area contributed by atoms with Gasteiger partial charge in [-0.3, -0.25) is 9.12 Å². The van der Waals surface area contributed by atoms with Gasteiger partial charge >= 0.3 is 0 Å². The maximum absolute atomic E-state index is 12.5. The average Bonchev–Trinajstić information content (AvgIpc) is 2.98. The van der Waals surface area contributed by atoms with Gasteiger partial charge in [0.05, 0.1) is 11.3 Å². The molecule has 2 aromatic heterocycles. The number of hydrogen-bond acceptors (Lipinski definition) is 6. The highest BCUT2D eigenvalue weighted by molar-refractivity contribution is 7.92. The Bertz CT molecular complexity index is 965. The van der Waals surface area contributed by atoms with Gasteiger partial charge in [0, 0.05) is 11.6 Å². The van der Waals surface area contributed by atoms with E-state index in [1.165, 1.54) is 27.9 Å². The first-order valence-electron chi connectivity index (χ1n) is 5.76. The van der Waals surface area contributed by atoms with E-state index in [4.69, 9.17) is 11.0 Å². The van der Waals surface area contributed by atoms with Crippen molar-refractivity contribution < 1.29 is 8.42 Å². The molecule has 3 rings (SSSR count). The van der Waals surface area contributed by atoms with Crippen LogP contribution in [0.1, 0.15) is 5.56 Å². The molecule has 7 nitrogen and oxygen atoms in total. The van der Waals surface area contributed by atoms with E-state index in [1.54, 1.807) is 23.7 Å². The van der Waals surface area contributed by atoms with Gasteiger partial charge in [0.15, 0.2) is 10.8 Å². The summed E-state index contributed by atoms with van der Waals surface area (Å²) in [5.41, 5.74) is 6.12. The second-order valence-electron chi connectivity index (χ2n) is 4.12. The summed E-state index contributed by atoms with van der Waals surface area (Å²) < 4.78 is 28.8. The molecule has 0 aliphatic heterocycles. The standard InChI is InChI=1S/C12H9N5O2S2/c13-7-8-3-1-2-4-9(8)16-21(18,19)11-10(14)15-12-17(11)5-6-20-12/h1-6,16H,14H2. The zero-order chi connectivity index (χ0) is 15.0. The van der Waals surface area contributed by atoms with Crippen LogP contribution in [0.3, 0.4) is 0 Å². The van der Waals surface area contributed by atoms with Crippen LogP contribution in [0.25, 0.3) is 4.96 Å². The molecule has 0 bridgehead atoms. The predicted octanol–water partition coefficient (Wildman–Crippen LogP) is 1.65. The van der Waals surface area contributed by atoms with Crippen LogP contribution < -0.4 is 10.5 Å². The fourth-order valence-corrected chi connectivity index (χ4v) is 3.98. The van der Waals surface area contributed by atoms with Gasteiger partial charge in [-0.1, -0.05) is 12.1 Å². The fraction of sp³-hybridized carbons (Fsp3) is 0. The number of sulfonamides is 1. The lowest BCUT2D eigenvalue weighted by atomic mass is 10.2. The van der Waals surface area contributed by atoms with Crippen molar-refractivity contribution in [1.29, 1.82) is 5.26 Å². The van der Waals surface area contributed by atoms with Crippen molar-refractivity contribution in [2.75, 3.05) is 10.5 Å². The quantitative estimate of drug-likeness (QED) is 0.762. The number of imidazole rings is 1. The van der Waals surface area contributed by atoms with E-state index >= 15 is 0 Å². The smallest absolute Gasteiger partial charge is 0.281 e. The molecule has 3 N–H and O–H groups in total. The predicted molar refractivity (Wildman–Crippen MR) is 79.4 cm³/mol. The SMILES string of the molecule is N#Cc1ccccc1NS(=O)(=O)c1c(N)nc2sccn12. The van der Waals surface area contributed by atoms with Crippen molar-refractivity contribution in [3.63, 3.8) is 0 Å². The molecule has 1 aromatic carbocycles. The second-order valence-corrected chi connectivity index (χ2v) is 6.59. The summed E-state index contributed by atoms with van der Waals surface area (Å²) in [6.45, 7) is 0. The normalized spacial score (nSPS) is 11.4. The van der Waals surface area contributed by atoms with E-state index in [0.717, 1.165) is 0 Å². The number of nitriles is 1. The summed E-state index contributed by atoms with van der Waals surface area (Å²) in [5.74, 6) is -0.0798. The maximum atomic E-state index is 12.5. The number of nitrogen functional groups attached to an aromatic ring is 1. The summed E-state index contributed by atoms with van der Waals surface area (Å²) in [6.07, 6.45) is 1.58. The van der Waals surface area contributed by atoms with Crippen LogP contribution in [0.2, 0.25) is 0 Å². The van der Waals surface area contributed by atoms with E-state index < -0.39 is 10.0 Å². The number of nitrogens with zero attached hydrogens (tertiary/aromatic N) is 3. The Morgan fingerprint density at radius 2 is 2.14 bits per heavy atom. The summed E-state index contributed by atoms with van der Waals surface area (Å²) in [5, 5.41) is 10.6. The first kappa shape index (κ1) is 13.4. The molecule has 0 amide bonds. The first-order chi connectivity index (χ1) is 10.0. The molecule has 0 aliphatic rings. The van der Waals surface area contributed by atoms with Gasteiger partial charge in [0.1, 0.15) is 6.07 Å². The van der Waals surface area contributed by atoms with Crippen molar-refractivity contribution in [1.82, 2.24) is 9.38 Å². The molecular formula is C12H9N5O2S2. The van der Waals surface area contributed by atoms with Crippen LogP contribution in [0, 0.1) is 11.3 Å². The highest BCUT2D eigenvalue weighted by Crippen LogP contribution is 2.26. The lowest BCUT2D eigenvalue weighted by Crippen LogP contribution is -2.17. The zero-order valence-electron chi connectivity index (χ0n) is 10.5. The highest BCUT2D eigenvalue weighted by atomic mass is 32.2. The topological polar surface area (TPSA) is 113 Å². The van der Waals surface area contributed by atoms with Crippen LogP contribution in [0.5, 0.6) is 0 Å². The van der Waals surface area contributed by atoms with Crippen LogP contribution in [0.4, 0.5) is 11.5 Å². The number of para-hydroxylation sites is 1. The zero-order valence-corrected chi connectivity index (χ0v) is 12.1. The van der Waals surface area contributed by atoms with E-state index in [0.29, 0.717) is 4.96 Å². The van der Waals surface area contributed by atoms with Gasteiger partial charge in [-0.15, -0.1) is 11.3 Å². The van der Waals surface area contributed by atoms with Crippen molar-refractivity contribution in [3.8, 4) is 6.07 Å². The van der Waals surface area contributed by atoms with Gasteiger partial charge in [-0.05, 0) is 12.1 Å². The molecule has 0 atom stereocenters. The Kier molecular flexibility index (Phi) is 3.04. The summed E-state index contributed by atoms with van der Waals surface area (Å²) in [6, 6.07) is 8.26. The van der Waals surface area contributed by atoms with Gasteiger partial charge in [-0.2, -0.15) is 13.7 Å². The first-order valence-corrected chi connectivity index (χ1v) is 8.12. The number of rotatable bonds is 3. The van der Waals surface area contributed by atoms with E-state index in [1.807, 2.05) is 6.07 Å². The Labute approximate surface area is 124 Å². The molecule has 0 saturated heterocycles. The molecule has 2 heterocycles. The van der Waals surface area contributed by atoms with Crippen molar-refractivity contribution >= 4 is 37.8 Å². The lowest BCUT2D eigenvalue weighted by Gasteiger charge is -2.08. The van der Waals surface area contributed by atoms with Crippen molar-refractivity contribution in [2.45, 2.75) is 5.03 Å². The number of thiazole rings is 1. The number of anilines is 2. The number of nitrogens with one attached hydrogen (secondary N) is 1. The number of fused-ring (bicyclic) bond motifs is 1. The van der Waals surface area contributed by atoms with E-state index in [2.05, 4.69) is 9.71 Å². The third-order valence-electron chi connectivity index (χ3n) is 2.79. The largest absolute Gasteiger partial charge is 0.381 e. The molecule has 9 heteroatoms. The minimum absolute atomic E-state index is 0.0798. The summed E-state index contributed by atoms with van der Waals surface area (Å²) >= 11 is 1.28. The maximum Gasteiger partial charge on any atom is 0.281 e. The fourth-order valence-electron chi connectivity index (χ4n) is 1.91. The molecular weight excluding hydrogens is 310 g/mol. The number of nitrogens with two attached hydrogens (primary N) is 1. The minimum atomic E-state index is -3.95. The molecule has 21 heavy (non-hydrogen) atoms. The monoisotopic (exact) mass is 319 g/mol. The van der Waals surface area contributed by atoms with E-state index in [-0.39, 0.29) is 22.1 Å². The molecule has 0 saturated carbocycles. The Hall–Kier alpha value is -2.57. The van der Waals surface area contributed by atoms with Crippen molar-refractivity contribution in [3.05, 3.63) is 41.4 Å². The van der Waals surface area contributed by atoms with Crippen LogP contribution in [0.15, 0.2) is 40.9 Å². The Morgan fingerprint density at radius 1 is 1.38 bits per heavy atom. The third-order valence-corrected chi connectivity index (χ3v) is 4.95. The lowest BCUT2D eigenvalue weighted by molar-refractivity contribution is 0.597. The number of hydrogen-bond donors (Lipinski definition) is 2. The second kappa shape index (κ2) is 4.76. The molecule has 3 aromatic rings. The molecule has 0 unspecified atom stereocenters. The molecule has 0 aliphatic carbocycles. The highest BCUT2D eigenvalue weighted by Gasteiger charge is 2.25. The van der Waals surface area contributed by atoms with Gasteiger partial charge in [0.2, 0.25) is 5.03 Å². The van der Waals surface area contributed by atoms with Crippen LogP contribution in [-0.4, -0.2) is 17.8 Å².